The minimum atomic E-state index is -1.20. The molecule has 7 heteroatoms. The van der Waals surface area contributed by atoms with Crippen LogP contribution in [0.25, 0.3) is 20.8 Å². The Kier molecular flexibility index (Phi) is 4.13. The van der Waals surface area contributed by atoms with Gasteiger partial charge in [-0.2, -0.15) is 0 Å². The van der Waals surface area contributed by atoms with Gasteiger partial charge in [-0.3, -0.25) is 0 Å². The molecule has 0 bridgehead atoms. The van der Waals surface area contributed by atoms with Crippen molar-refractivity contribution in [2.24, 2.45) is 4.99 Å². The van der Waals surface area contributed by atoms with Gasteiger partial charge in [-0.1, -0.05) is 12.1 Å². The summed E-state index contributed by atoms with van der Waals surface area (Å²) in [6, 6.07) is 17.1. The highest BCUT2D eigenvalue weighted by molar-refractivity contribution is 7.21. The predicted molar refractivity (Wildman–Crippen MR) is 102 cm³/mol. The number of fused-ring (bicyclic) bond motifs is 2. The van der Waals surface area contributed by atoms with Crippen LogP contribution >= 0.6 is 11.3 Å². The van der Waals surface area contributed by atoms with Gasteiger partial charge in [0.1, 0.15) is 0 Å². The maximum absolute atomic E-state index is 11.2. The number of hydrogen-bond acceptors (Lipinski definition) is 5. The molecule has 4 rings (SSSR count). The van der Waals surface area contributed by atoms with Gasteiger partial charge in [-0.25, -0.2) is 19.6 Å². The fraction of sp³-hybridized carbons (Fsp3) is 0. The first-order valence-electron chi connectivity index (χ1n) is 7.96. The van der Waals surface area contributed by atoms with Crippen LogP contribution in [0.3, 0.4) is 0 Å². The van der Waals surface area contributed by atoms with Crippen molar-refractivity contribution in [3.63, 3.8) is 0 Å². The molecule has 0 aromatic heterocycles. The van der Waals surface area contributed by atoms with E-state index >= 15 is 0 Å². The largest absolute Gasteiger partial charge is 0.478 e. The predicted octanol–water partition coefficient (Wildman–Crippen LogP) is 4.03. The molecule has 0 fully saturated rings. The summed E-state index contributed by atoms with van der Waals surface area (Å²) in [6.07, 6.45) is 0. The van der Waals surface area contributed by atoms with Crippen LogP contribution in [0.1, 0.15) is 20.7 Å². The number of aromatic carboxylic acids is 2. The lowest BCUT2D eigenvalue weighted by Gasteiger charge is -2.06. The molecule has 1 aliphatic carbocycles. The zero-order valence-corrected chi connectivity index (χ0v) is 14.6. The lowest BCUT2D eigenvalue weighted by Crippen LogP contribution is -2.04. The van der Waals surface area contributed by atoms with E-state index in [-0.39, 0.29) is 16.8 Å². The van der Waals surface area contributed by atoms with E-state index in [0.29, 0.717) is 5.36 Å². The van der Waals surface area contributed by atoms with Gasteiger partial charge in [0.25, 0.3) is 0 Å². The van der Waals surface area contributed by atoms with Crippen LogP contribution in [0, 0.1) is 0 Å². The van der Waals surface area contributed by atoms with E-state index in [0.717, 1.165) is 26.9 Å². The Morgan fingerprint density at radius 2 is 1.59 bits per heavy atom. The summed E-state index contributed by atoms with van der Waals surface area (Å²) in [5.74, 6) is -2.41. The molecule has 0 amide bonds. The van der Waals surface area contributed by atoms with Crippen molar-refractivity contribution in [3.05, 3.63) is 77.1 Å². The van der Waals surface area contributed by atoms with Gasteiger partial charge in [-0.15, -0.1) is 11.3 Å². The van der Waals surface area contributed by atoms with Crippen LogP contribution in [0.4, 0.5) is 5.69 Å². The Hall–Kier alpha value is -3.58. The van der Waals surface area contributed by atoms with Gasteiger partial charge in [0, 0.05) is 0 Å². The number of carboxylic acids is 2. The van der Waals surface area contributed by atoms with Crippen molar-refractivity contribution in [2.45, 2.75) is 0 Å². The van der Waals surface area contributed by atoms with Crippen molar-refractivity contribution in [1.29, 1.82) is 0 Å². The minimum absolute atomic E-state index is 0.120. The van der Waals surface area contributed by atoms with E-state index in [4.69, 9.17) is 0 Å². The van der Waals surface area contributed by atoms with Gasteiger partial charge < -0.3 is 10.2 Å². The zero-order valence-electron chi connectivity index (χ0n) is 13.8. The summed E-state index contributed by atoms with van der Waals surface area (Å²) in [5.41, 5.74) is 1.78. The molecule has 2 aliphatic rings. The van der Waals surface area contributed by atoms with Crippen molar-refractivity contribution < 1.29 is 19.8 Å². The SMILES string of the molecule is O=C(O)c1cc(/N=c2\ccc3nc4ccccc4sc-3c2)cc(C(=O)O)c1. The van der Waals surface area contributed by atoms with Crippen molar-refractivity contribution in [1.82, 2.24) is 4.98 Å². The number of aromatic nitrogens is 1. The maximum Gasteiger partial charge on any atom is 0.335 e. The second kappa shape index (κ2) is 6.62. The van der Waals surface area contributed by atoms with Crippen LogP contribution in [-0.4, -0.2) is 27.1 Å². The average Bonchev–Trinajstić information content (AvgIpc) is 2.66. The second-order valence-electron chi connectivity index (χ2n) is 5.82. The number of para-hydroxylation sites is 1. The molecule has 27 heavy (non-hydrogen) atoms. The molecule has 0 unspecified atom stereocenters. The van der Waals surface area contributed by atoms with Crippen LogP contribution < -0.4 is 5.36 Å². The molecule has 0 saturated carbocycles. The molecule has 2 aromatic carbocycles. The van der Waals surface area contributed by atoms with E-state index in [2.05, 4.69) is 9.98 Å². The lowest BCUT2D eigenvalue weighted by molar-refractivity contribution is 0.0696. The van der Waals surface area contributed by atoms with Crippen LogP contribution in [0.15, 0.2) is 65.7 Å². The average molecular weight is 376 g/mol. The summed E-state index contributed by atoms with van der Waals surface area (Å²) in [5, 5.41) is 19.0. The molecule has 1 aliphatic heterocycles. The first-order chi connectivity index (χ1) is 13.0. The number of nitrogens with zero attached hydrogens (tertiary/aromatic N) is 2. The smallest absolute Gasteiger partial charge is 0.335 e. The molecule has 0 spiro atoms. The molecular formula is C20H12N2O4S. The van der Waals surface area contributed by atoms with Gasteiger partial charge in [0.15, 0.2) is 0 Å². The summed E-state index contributed by atoms with van der Waals surface area (Å²) < 4.78 is 1.04. The Balaban J connectivity index is 1.88. The molecule has 2 N–H and O–H groups in total. The van der Waals surface area contributed by atoms with E-state index in [1.54, 1.807) is 17.4 Å². The first-order valence-corrected chi connectivity index (χ1v) is 8.77. The van der Waals surface area contributed by atoms with Gasteiger partial charge in [0.05, 0.1) is 43.0 Å². The van der Waals surface area contributed by atoms with E-state index in [1.165, 1.54) is 12.1 Å². The van der Waals surface area contributed by atoms with Crippen molar-refractivity contribution >= 4 is 39.2 Å². The molecule has 2 aromatic rings. The lowest BCUT2D eigenvalue weighted by atomic mass is 10.1. The number of carboxylic acid groups (broad SMARTS) is 2. The molecule has 6 nitrogen and oxygen atoms in total. The van der Waals surface area contributed by atoms with Crippen LogP contribution in [0.5, 0.6) is 0 Å². The van der Waals surface area contributed by atoms with Gasteiger partial charge in [0.2, 0.25) is 0 Å². The maximum atomic E-state index is 11.2. The standard InChI is InChI=1S/C20H12N2O4S/c23-19(24)11-7-12(20(25)26)9-14(8-11)21-13-5-6-16-18(10-13)27-17-4-2-1-3-15(17)22-16/h1-10H,(H,23,24)(H,25,26)/b21-13+. The highest BCUT2D eigenvalue weighted by atomic mass is 32.1. The molecule has 0 saturated heterocycles. The highest BCUT2D eigenvalue weighted by Gasteiger charge is 2.11. The fourth-order valence-corrected chi connectivity index (χ4v) is 3.70. The van der Waals surface area contributed by atoms with Crippen LogP contribution in [-0.2, 0) is 0 Å². The Morgan fingerprint density at radius 3 is 2.30 bits per heavy atom. The summed E-state index contributed by atoms with van der Waals surface area (Å²) in [7, 11) is 0. The fourth-order valence-electron chi connectivity index (χ4n) is 2.70. The quantitative estimate of drug-likeness (QED) is 0.526. The van der Waals surface area contributed by atoms with E-state index < -0.39 is 11.9 Å². The number of rotatable bonds is 3. The van der Waals surface area contributed by atoms with E-state index in [9.17, 15) is 19.8 Å². The monoisotopic (exact) mass is 376 g/mol. The molecular weight excluding hydrogens is 364 g/mol. The number of benzene rings is 3. The van der Waals surface area contributed by atoms with Crippen molar-refractivity contribution in [3.8, 4) is 10.6 Å². The second-order valence-corrected chi connectivity index (χ2v) is 6.91. The summed E-state index contributed by atoms with van der Waals surface area (Å²) in [6.45, 7) is 0. The van der Waals surface area contributed by atoms with E-state index in [1.807, 2.05) is 36.4 Å². The first kappa shape index (κ1) is 16.9. The summed E-state index contributed by atoms with van der Waals surface area (Å²) >= 11 is 1.58. The highest BCUT2D eigenvalue weighted by Crippen LogP contribution is 2.29. The number of hydrogen-bond donors (Lipinski definition) is 2. The number of carbonyl (C=O) groups is 2. The van der Waals surface area contributed by atoms with Gasteiger partial charge >= 0.3 is 11.9 Å². The molecule has 132 valence electrons. The van der Waals surface area contributed by atoms with Crippen molar-refractivity contribution in [2.75, 3.05) is 0 Å². The Bertz CT molecular complexity index is 1210. The topological polar surface area (TPSA) is 99.9 Å². The van der Waals surface area contributed by atoms with Gasteiger partial charge in [-0.05, 0) is 48.5 Å². The third-order valence-electron chi connectivity index (χ3n) is 3.94. The Labute approximate surface area is 157 Å². The normalized spacial score (nSPS) is 11.8. The minimum Gasteiger partial charge on any atom is -0.478 e. The van der Waals surface area contributed by atoms with Crippen LogP contribution in [0.2, 0.25) is 0 Å². The molecule has 0 atom stereocenters. The molecule has 1 heterocycles. The Morgan fingerprint density at radius 1 is 0.889 bits per heavy atom. The zero-order chi connectivity index (χ0) is 19.0. The molecule has 0 radical (unpaired) electrons. The third-order valence-corrected chi connectivity index (χ3v) is 5.05. The third kappa shape index (κ3) is 3.40. The summed E-state index contributed by atoms with van der Waals surface area (Å²) in [4.78, 5) is 32.4.